The quantitative estimate of drug-likeness (QED) is 0.768. The predicted molar refractivity (Wildman–Crippen MR) is 71.2 cm³/mol. The summed E-state index contributed by atoms with van der Waals surface area (Å²) in [5.74, 6) is 0. The van der Waals surface area contributed by atoms with E-state index in [0.717, 1.165) is 25.9 Å². The highest BCUT2D eigenvalue weighted by Crippen LogP contribution is 2.28. The van der Waals surface area contributed by atoms with Gasteiger partial charge in [-0.15, -0.1) is 0 Å². The average Bonchev–Trinajstić information content (AvgIpc) is 2.77. The maximum atomic E-state index is 10.2. The fraction of sp³-hybridized carbons (Fsp3) is 1.00. The van der Waals surface area contributed by atoms with Crippen molar-refractivity contribution in [1.29, 1.82) is 0 Å². The van der Waals surface area contributed by atoms with Gasteiger partial charge in [-0.05, 0) is 45.7 Å². The fourth-order valence-electron chi connectivity index (χ4n) is 3.21. The molecule has 1 saturated heterocycles. The molecule has 17 heavy (non-hydrogen) atoms. The van der Waals surface area contributed by atoms with Crippen molar-refractivity contribution < 1.29 is 5.11 Å². The molecule has 0 radical (unpaired) electrons. The van der Waals surface area contributed by atoms with Crippen LogP contribution < -0.4 is 5.32 Å². The van der Waals surface area contributed by atoms with Gasteiger partial charge in [0.05, 0.1) is 5.60 Å². The summed E-state index contributed by atoms with van der Waals surface area (Å²) in [4.78, 5) is 2.58. The standard InChI is InChI=1S/C14H28N2O/c1-13(16-9-5-2-6-10-16)11-15-12-14(17)7-3-4-8-14/h13,15,17H,2-12H2,1H3. The van der Waals surface area contributed by atoms with E-state index in [-0.39, 0.29) is 0 Å². The molecule has 1 heterocycles. The van der Waals surface area contributed by atoms with Gasteiger partial charge in [-0.25, -0.2) is 0 Å². The molecule has 2 N–H and O–H groups in total. The smallest absolute Gasteiger partial charge is 0.0771 e. The van der Waals surface area contributed by atoms with Gasteiger partial charge in [-0.2, -0.15) is 0 Å². The Labute approximate surface area is 106 Å². The van der Waals surface area contributed by atoms with Gasteiger partial charge in [0, 0.05) is 19.1 Å². The lowest BCUT2D eigenvalue weighted by Gasteiger charge is -2.33. The van der Waals surface area contributed by atoms with E-state index in [1.165, 1.54) is 45.2 Å². The third-order valence-corrected chi connectivity index (χ3v) is 4.44. The van der Waals surface area contributed by atoms with Gasteiger partial charge in [0.15, 0.2) is 0 Å². The lowest BCUT2D eigenvalue weighted by atomic mass is 10.0. The first kappa shape index (κ1) is 13.3. The number of rotatable bonds is 5. The van der Waals surface area contributed by atoms with Crippen molar-refractivity contribution in [3.63, 3.8) is 0 Å². The van der Waals surface area contributed by atoms with E-state index in [2.05, 4.69) is 17.1 Å². The second-order valence-electron chi connectivity index (χ2n) is 6.01. The van der Waals surface area contributed by atoms with Crippen LogP contribution in [0.15, 0.2) is 0 Å². The topological polar surface area (TPSA) is 35.5 Å². The number of aliphatic hydroxyl groups is 1. The number of nitrogens with zero attached hydrogens (tertiary/aromatic N) is 1. The van der Waals surface area contributed by atoms with Gasteiger partial charge < -0.3 is 10.4 Å². The Morgan fingerprint density at radius 1 is 1.12 bits per heavy atom. The molecule has 0 aromatic heterocycles. The Hall–Kier alpha value is -0.120. The minimum absolute atomic E-state index is 0.401. The summed E-state index contributed by atoms with van der Waals surface area (Å²) in [6.45, 7) is 6.62. The maximum Gasteiger partial charge on any atom is 0.0771 e. The van der Waals surface area contributed by atoms with Crippen molar-refractivity contribution in [2.45, 2.75) is 63.5 Å². The first-order chi connectivity index (χ1) is 8.20. The van der Waals surface area contributed by atoms with E-state index in [0.29, 0.717) is 6.04 Å². The normalized spacial score (nSPS) is 27.2. The van der Waals surface area contributed by atoms with E-state index in [1.54, 1.807) is 0 Å². The molecular weight excluding hydrogens is 212 g/mol. The van der Waals surface area contributed by atoms with Crippen molar-refractivity contribution in [3.05, 3.63) is 0 Å². The van der Waals surface area contributed by atoms with Crippen LogP contribution in [-0.2, 0) is 0 Å². The first-order valence-corrected chi connectivity index (χ1v) is 7.37. The molecule has 1 aliphatic carbocycles. The third-order valence-electron chi connectivity index (χ3n) is 4.44. The van der Waals surface area contributed by atoms with E-state index in [9.17, 15) is 5.11 Å². The summed E-state index contributed by atoms with van der Waals surface area (Å²) in [6.07, 6.45) is 8.47. The van der Waals surface area contributed by atoms with Crippen molar-refractivity contribution in [3.8, 4) is 0 Å². The summed E-state index contributed by atoms with van der Waals surface area (Å²) >= 11 is 0. The zero-order valence-electron chi connectivity index (χ0n) is 11.2. The number of hydrogen-bond acceptors (Lipinski definition) is 3. The Bertz CT molecular complexity index is 220. The number of hydrogen-bond donors (Lipinski definition) is 2. The second kappa shape index (κ2) is 6.17. The first-order valence-electron chi connectivity index (χ1n) is 7.37. The molecular formula is C14H28N2O. The van der Waals surface area contributed by atoms with Crippen LogP contribution in [0.2, 0.25) is 0 Å². The molecule has 100 valence electrons. The van der Waals surface area contributed by atoms with Crippen molar-refractivity contribution >= 4 is 0 Å². The van der Waals surface area contributed by atoms with Crippen LogP contribution in [0.5, 0.6) is 0 Å². The molecule has 2 fully saturated rings. The van der Waals surface area contributed by atoms with Gasteiger partial charge in [0.25, 0.3) is 0 Å². The van der Waals surface area contributed by atoms with Gasteiger partial charge >= 0.3 is 0 Å². The van der Waals surface area contributed by atoms with E-state index >= 15 is 0 Å². The van der Waals surface area contributed by atoms with Gasteiger partial charge in [0.2, 0.25) is 0 Å². The molecule has 1 atom stereocenters. The Kier molecular flexibility index (Phi) is 4.83. The average molecular weight is 240 g/mol. The van der Waals surface area contributed by atoms with Crippen LogP contribution in [0.1, 0.15) is 51.9 Å². The van der Waals surface area contributed by atoms with Crippen LogP contribution in [0.25, 0.3) is 0 Å². The maximum absolute atomic E-state index is 10.2. The minimum atomic E-state index is -0.401. The molecule has 0 aromatic rings. The molecule has 0 bridgehead atoms. The van der Waals surface area contributed by atoms with Crippen molar-refractivity contribution in [1.82, 2.24) is 10.2 Å². The molecule has 1 saturated carbocycles. The minimum Gasteiger partial charge on any atom is -0.389 e. The van der Waals surface area contributed by atoms with E-state index in [1.807, 2.05) is 0 Å². The second-order valence-corrected chi connectivity index (χ2v) is 6.01. The summed E-state index contributed by atoms with van der Waals surface area (Å²) in [5.41, 5.74) is -0.401. The molecule has 1 unspecified atom stereocenters. The molecule has 0 aromatic carbocycles. The highest BCUT2D eigenvalue weighted by molar-refractivity contribution is 4.86. The molecule has 1 aliphatic heterocycles. The summed E-state index contributed by atoms with van der Waals surface area (Å²) in [6, 6.07) is 0.611. The molecule has 2 rings (SSSR count). The fourth-order valence-corrected chi connectivity index (χ4v) is 3.21. The monoisotopic (exact) mass is 240 g/mol. The molecule has 2 aliphatic rings. The molecule has 0 amide bonds. The van der Waals surface area contributed by atoms with Crippen LogP contribution in [0.4, 0.5) is 0 Å². The Balaban J connectivity index is 1.63. The van der Waals surface area contributed by atoms with Gasteiger partial charge in [0.1, 0.15) is 0 Å². The Morgan fingerprint density at radius 3 is 2.41 bits per heavy atom. The van der Waals surface area contributed by atoms with Gasteiger partial charge in [-0.1, -0.05) is 19.3 Å². The highest BCUT2D eigenvalue weighted by Gasteiger charge is 2.30. The van der Waals surface area contributed by atoms with E-state index < -0.39 is 5.60 Å². The zero-order valence-corrected chi connectivity index (χ0v) is 11.2. The number of piperidine rings is 1. The lowest BCUT2D eigenvalue weighted by molar-refractivity contribution is 0.0453. The predicted octanol–water partition coefficient (Wildman–Crippen LogP) is 1.76. The number of likely N-dealkylation sites (tertiary alicyclic amines) is 1. The van der Waals surface area contributed by atoms with Crippen molar-refractivity contribution in [2.24, 2.45) is 0 Å². The SMILES string of the molecule is CC(CNCC1(O)CCCC1)N1CCCCC1. The van der Waals surface area contributed by atoms with Crippen LogP contribution >= 0.6 is 0 Å². The molecule has 3 nitrogen and oxygen atoms in total. The van der Waals surface area contributed by atoms with Crippen LogP contribution in [-0.4, -0.2) is 47.8 Å². The number of nitrogens with one attached hydrogen (secondary N) is 1. The highest BCUT2D eigenvalue weighted by atomic mass is 16.3. The van der Waals surface area contributed by atoms with Crippen LogP contribution in [0.3, 0.4) is 0 Å². The lowest BCUT2D eigenvalue weighted by Crippen LogP contribution is -2.46. The van der Waals surface area contributed by atoms with Crippen molar-refractivity contribution in [2.75, 3.05) is 26.2 Å². The van der Waals surface area contributed by atoms with Crippen LogP contribution in [0, 0.1) is 0 Å². The zero-order chi connectivity index (χ0) is 12.1. The summed E-state index contributed by atoms with van der Waals surface area (Å²) in [5, 5.41) is 13.7. The summed E-state index contributed by atoms with van der Waals surface area (Å²) in [7, 11) is 0. The third kappa shape index (κ3) is 3.94. The molecule has 3 heteroatoms. The summed E-state index contributed by atoms with van der Waals surface area (Å²) < 4.78 is 0. The Morgan fingerprint density at radius 2 is 1.76 bits per heavy atom. The van der Waals surface area contributed by atoms with Gasteiger partial charge in [-0.3, -0.25) is 4.90 Å². The largest absolute Gasteiger partial charge is 0.389 e. The van der Waals surface area contributed by atoms with E-state index in [4.69, 9.17) is 0 Å². The molecule has 0 spiro atoms.